The van der Waals surface area contributed by atoms with Crippen LogP contribution in [0.1, 0.15) is 29.8 Å². The van der Waals surface area contributed by atoms with Gasteiger partial charge < -0.3 is 19.8 Å². The molecule has 0 bridgehead atoms. The van der Waals surface area contributed by atoms with E-state index in [4.69, 9.17) is 24.5 Å². The van der Waals surface area contributed by atoms with Gasteiger partial charge in [-0.25, -0.2) is 14.6 Å². The number of carboxylic acid groups (broad SMARTS) is 2. The third kappa shape index (κ3) is 8.59. The summed E-state index contributed by atoms with van der Waals surface area (Å²) in [5.74, 6) is -4.32. The first-order chi connectivity index (χ1) is 17.7. The van der Waals surface area contributed by atoms with Crippen molar-refractivity contribution < 1.29 is 55.7 Å². The molecule has 2 fully saturated rings. The van der Waals surface area contributed by atoms with Gasteiger partial charge in [0.2, 0.25) is 5.88 Å². The van der Waals surface area contributed by atoms with Crippen molar-refractivity contribution in [3.63, 3.8) is 0 Å². The number of amides is 1. The zero-order chi connectivity index (χ0) is 28.6. The van der Waals surface area contributed by atoms with Crippen molar-refractivity contribution in [3.8, 4) is 5.88 Å². The number of hydrogen-bond donors (Lipinski definition) is 2. The van der Waals surface area contributed by atoms with Crippen LogP contribution in [0.5, 0.6) is 5.88 Å². The quantitative estimate of drug-likeness (QED) is 0.545. The van der Waals surface area contributed by atoms with Gasteiger partial charge in [-0.15, -0.1) is 0 Å². The minimum absolute atomic E-state index is 0.0298. The van der Waals surface area contributed by atoms with Gasteiger partial charge in [0.05, 0.1) is 6.61 Å². The minimum Gasteiger partial charge on any atom is -0.477 e. The highest BCUT2D eigenvalue weighted by Crippen LogP contribution is 2.49. The normalized spacial score (nSPS) is 20.3. The summed E-state index contributed by atoms with van der Waals surface area (Å²) < 4.78 is 69.4. The summed E-state index contributed by atoms with van der Waals surface area (Å²) in [6.45, 7) is 2.18. The Morgan fingerprint density at radius 3 is 1.97 bits per heavy atom. The number of carbonyl (C=O) groups excluding carboxylic acids is 1. The fourth-order valence-electron chi connectivity index (χ4n) is 4.11. The first-order valence-corrected chi connectivity index (χ1v) is 11.0. The predicted octanol–water partition coefficient (Wildman–Crippen LogP) is 4.06. The molecule has 0 aromatic carbocycles. The van der Waals surface area contributed by atoms with E-state index in [0.29, 0.717) is 24.1 Å². The number of ether oxygens (including phenoxy) is 1. The van der Waals surface area contributed by atoms with Gasteiger partial charge in [-0.1, -0.05) is 18.6 Å². The Bertz CT molecular complexity index is 1060. The standard InChI is InChI=1S/C19H21N3O2.2C2HF3O2/c23-18(16-7-1-3-10-20-16)22-12-15-6-5-9-19(15,13-22)14-24-17-8-2-4-11-21-17;2*3-2(4,5)1(6)7/h1-4,7-8,10-11,15H,5-6,9,12-14H2;2*(H,6,7)/t15-,19+;;/m1../s1. The summed E-state index contributed by atoms with van der Waals surface area (Å²) >= 11 is 0. The number of aromatic nitrogens is 2. The molecule has 208 valence electrons. The number of likely N-dealkylation sites (tertiary alicyclic amines) is 1. The molecule has 1 amide bonds. The Hall–Kier alpha value is -3.91. The van der Waals surface area contributed by atoms with Crippen LogP contribution in [0.25, 0.3) is 0 Å². The maximum absolute atomic E-state index is 12.7. The molecular formula is C23H23F6N3O6. The SMILES string of the molecule is O=C(O)C(F)(F)F.O=C(O)C(F)(F)F.O=C(c1ccccn1)N1C[C@H]2CCC[C@@]2(COc2ccccn2)C1. The largest absolute Gasteiger partial charge is 0.490 e. The van der Waals surface area contributed by atoms with Crippen molar-refractivity contribution in [2.75, 3.05) is 19.7 Å². The molecule has 0 spiro atoms. The fraction of sp³-hybridized carbons (Fsp3) is 0.435. The molecule has 1 saturated carbocycles. The molecule has 3 heterocycles. The smallest absolute Gasteiger partial charge is 0.477 e. The number of carboxylic acids is 2. The summed E-state index contributed by atoms with van der Waals surface area (Å²) in [6, 6.07) is 11.2. The monoisotopic (exact) mass is 551 g/mol. The van der Waals surface area contributed by atoms with Crippen LogP contribution in [0, 0.1) is 11.3 Å². The molecule has 1 aliphatic carbocycles. The Kier molecular flexibility index (Phi) is 10.0. The van der Waals surface area contributed by atoms with E-state index >= 15 is 0 Å². The number of nitrogens with zero attached hydrogens (tertiary/aromatic N) is 3. The summed E-state index contributed by atoms with van der Waals surface area (Å²) in [6.07, 6.45) is -3.27. The second-order valence-corrected chi connectivity index (χ2v) is 8.41. The molecule has 2 aliphatic rings. The molecule has 0 radical (unpaired) electrons. The number of halogens is 6. The van der Waals surface area contributed by atoms with Crippen molar-refractivity contribution in [1.29, 1.82) is 0 Å². The molecule has 15 heteroatoms. The molecule has 2 N–H and O–H groups in total. The molecule has 1 aliphatic heterocycles. The molecule has 9 nitrogen and oxygen atoms in total. The van der Waals surface area contributed by atoms with Gasteiger partial charge in [0.1, 0.15) is 5.69 Å². The van der Waals surface area contributed by atoms with Crippen LogP contribution >= 0.6 is 0 Å². The first-order valence-electron chi connectivity index (χ1n) is 11.0. The zero-order valence-corrected chi connectivity index (χ0v) is 19.6. The van der Waals surface area contributed by atoms with E-state index in [1.165, 1.54) is 6.42 Å². The summed E-state index contributed by atoms with van der Waals surface area (Å²) in [4.78, 5) is 40.9. The van der Waals surface area contributed by atoms with Crippen LogP contribution < -0.4 is 4.74 Å². The number of fused-ring (bicyclic) bond motifs is 1. The lowest BCUT2D eigenvalue weighted by Crippen LogP contribution is -2.36. The number of aliphatic carboxylic acids is 2. The van der Waals surface area contributed by atoms with Crippen molar-refractivity contribution in [2.24, 2.45) is 11.3 Å². The topological polar surface area (TPSA) is 130 Å². The number of alkyl halides is 6. The third-order valence-corrected chi connectivity index (χ3v) is 5.84. The molecule has 2 aromatic heterocycles. The Morgan fingerprint density at radius 2 is 1.50 bits per heavy atom. The van der Waals surface area contributed by atoms with Crippen molar-refractivity contribution in [1.82, 2.24) is 14.9 Å². The Morgan fingerprint density at radius 1 is 0.947 bits per heavy atom. The lowest BCUT2D eigenvalue weighted by molar-refractivity contribution is -0.193. The predicted molar refractivity (Wildman–Crippen MR) is 117 cm³/mol. The zero-order valence-electron chi connectivity index (χ0n) is 19.6. The van der Waals surface area contributed by atoms with E-state index in [0.717, 1.165) is 25.9 Å². The maximum Gasteiger partial charge on any atom is 0.490 e. The highest BCUT2D eigenvalue weighted by Gasteiger charge is 2.51. The Labute approximate surface area is 212 Å². The Balaban J connectivity index is 0.000000301. The van der Waals surface area contributed by atoms with Crippen LogP contribution in [0.4, 0.5) is 26.3 Å². The number of hydrogen-bond acceptors (Lipinski definition) is 6. The van der Waals surface area contributed by atoms with E-state index in [9.17, 15) is 31.1 Å². The van der Waals surface area contributed by atoms with Crippen LogP contribution in [0.2, 0.25) is 0 Å². The average molecular weight is 551 g/mol. The highest BCUT2D eigenvalue weighted by atomic mass is 19.4. The fourth-order valence-corrected chi connectivity index (χ4v) is 4.11. The second-order valence-electron chi connectivity index (χ2n) is 8.41. The van der Waals surface area contributed by atoms with Gasteiger partial charge in [0.25, 0.3) is 5.91 Å². The van der Waals surface area contributed by atoms with Gasteiger partial charge in [-0.3, -0.25) is 9.78 Å². The van der Waals surface area contributed by atoms with E-state index in [2.05, 4.69) is 9.97 Å². The number of carbonyl (C=O) groups is 3. The maximum atomic E-state index is 12.7. The first kappa shape index (κ1) is 30.3. The van der Waals surface area contributed by atoms with Gasteiger partial charge in [-0.05, 0) is 37.0 Å². The minimum atomic E-state index is -5.08. The van der Waals surface area contributed by atoms with E-state index in [-0.39, 0.29) is 11.3 Å². The average Bonchev–Trinajstić information content (AvgIpc) is 3.41. The molecule has 2 aromatic rings. The van der Waals surface area contributed by atoms with E-state index in [1.54, 1.807) is 18.5 Å². The van der Waals surface area contributed by atoms with Crippen molar-refractivity contribution in [2.45, 2.75) is 31.6 Å². The third-order valence-electron chi connectivity index (χ3n) is 5.84. The number of rotatable bonds is 4. The summed E-state index contributed by atoms with van der Waals surface area (Å²) in [5.41, 5.74) is 0.584. The van der Waals surface area contributed by atoms with Crippen LogP contribution in [0.3, 0.4) is 0 Å². The summed E-state index contributed by atoms with van der Waals surface area (Å²) in [5, 5.41) is 14.2. The molecule has 0 unspecified atom stereocenters. The lowest BCUT2D eigenvalue weighted by Gasteiger charge is -2.28. The van der Waals surface area contributed by atoms with Crippen LogP contribution in [0.15, 0.2) is 48.8 Å². The van der Waals surface area contributed by atoms with Crippen LogP contribution in [-0.4, -0.2) is 75.0 Å². The lowest BCUT2D eigenvalue weighted by atomic mass is 9.81. The second kappa shape index (κ2) is 12.6. The van der Waals surface area contributed by atoms with E-state index in [1.807, 2.05) is 35.2 Å². The van der Waals surface area contributed by atoms with Gasteiger partial charge in [0.15, 0.2) is 0 Å². The number of pyridine rings is 2. The molecule has 2 atom stereocenters. The molecular weight excluding hydrogens is 528 g/mol. The van der Waals surface area contributed by atoms with E-state index < -0.39 is 24.3 Å². The van der Waals surface area contributed by atoms with Gasteiger partial charge in [-0.2, -0.15) is 26.3 Å². The van der Waals surface area contributed by atoms with Gasteiger partial charge >= 0.3 is 24.3 Å². The van der Waals surface area contributed by atoms with Crippen molar-refractivity contribution >= 4 is 17.8 Å². The summed E-state index contributed by atoms with van der Waals surface area (Å²) in [7, 11) is 0. The van der Waals surface area contributed by atoms with Crippen LogP contribution in [-0.2, 0) is 9.59 Å². The van der Waals surface area contributed by atoms with Gasteiger partial charge in [0, 0.05) is 37.0 Å². The van der Waals surface area contributed by atoms with Crippen molar-refractivity contribution in [3.05, 3.63) is 54.5 Å². The molecule has 38 heavy (non-hydrogen) atoms. The molecule has 1 saturated heterocycles. The molecule has 4 rings (SSSR count). The highest BCUT2D eigenvalue weighted by molar-refractivity contribution is 5.92.